The first kappa shape index (κ1) is 3.40. The molecule has 0 radical (unpaired) electrons. The Labute approximate surface area is 38.9 Å². The molecule has 0 aliphatic carbocycles. The second-order valence-electron chi connectivity index (χ2n) is 2.00. The Morgan fingerprint density at radius 2 is 2.67 bits per heavy atom. The van der Waals surface area contributed by atoms with Gasteiger partial charge in [-0.05, 0) is 32.9 Å². The Morgan fingerprint density at radius 1 is 1.67 bits per heavy atom. The van der Waals surface area contributed by atoms with Gasteiger partial charge in [-0.15, -0.1) is 0 Å². The maximum absolute atomic E-state index is 3.46. The summed E-state index contributed by atoms with van der Waals surface area (Å²) in [5, 5.41) is 3.46. The molecule has 0 bridgehead atoms. The monoisotopic (exact) mass is 101 g/mol. The lowest BCUT2D eigenvalue weighted by molar-refractivity contribution is 0.857. The minimum Gasteiger partial charge on any atom is -0.295 e. The fourth-order valence-electron chi connectivity index (χ4n) is 0.995. The molecule has 2 unspecified atom stereocenters. The van der Waals surface area contributed by atoms with Crippen molar-refractivity contribution in [1.82, 2.24) is 5.09 Å². The van der Waals surface area contributed by atoms with Crippen molar-refractivity contribution in [3.8, 4) is 0 Å². The van der Waals surface area contributed by atoms with Gasteiger partial charge in [0.2, 0.25) is 0 Å². The molecule has 0 saturated carbocycles. The van der Waals surface area contributed by atoms with Crippen LogP contribution in [-0.4, -0.2) is 18.4 Å². The Hall–Kier alpha value is 0.390. The normalized spacial score (nSPS) is 52.0. The molecular weight excluding hydrogens is 93.0 g/mol. The van der Waals surface area contributed by atoms with Gasteiger partial charge in [-0.2, -0.15) is 0 Å². The summed E-state index contributed by atoms with van der Waals surface area (Å²) in [5.74, 6) is 0. The van der Waals surface area contributed by atoms with Crippen LogP contribution < -0.4 is 5.09 Å². The quantitative estimate of drug-likeness (QED) is 0.444. The van der Waals surface area contributed by atoms with E-state index < -0.39 is 0 Å². The topological polar surface area (TPSA) is 12.0 Å². The average Bonchev–Trinajstić information content (AvgIpc) is 2.17. The van der Waals surface area contributed by atoms with E-state index in [0.717, 1.165) is 0 Å². The molecule has 2 aliphatic rings. The van der Waals surface area contributed by atoms with Crippen LogP contribution in [0.1, 0.15) is 6.42 Å². The predicted octanol–water partition coefficient (Wildman–Crippen LogP) is 0.759. The molecule has 1 nitrogen and oxygen atoms in total. The van der Waals surface area contributed by atoms with Crippen LogP contribution in [-0.2, 0) is 0 Å². The Kier molecular flexibility index (Phi) is 0.545. The van der Waals surface area contributed by atoms with Crippen molar-refractivity contribution < 1.29 is 0 Å². The van der Waals surface area contributed by atoms with Gasteiger partial charge in [0.1, 0.15) is 0 Å². The number of hydrogen-bond donors (Lipinski definition) is 1. The Bertz CT molecular complexity index is 65.9. The van der Waals surface area contributed by atoms with Gasteiger partial charge in [0.25, 0.3) is 0 Å². The van der Waals surface area contributed by atoms with Crippen LogP contribution in [0.4, 0.5) is 0 Å². The van der Waals surface area contributed by atoms with Gasteiger partial charge >= 0.3 is 0 Å². The first-order valence-corrected chi connectivity index (χ1v) is 4.06. The van der Waals surface area contributed by atoms with E-state index in [4.69, 9.17) is 0 Å². The van der Waals surface area contributed by atoms with Crippen LogP contribution in [0.15, 0.2) is 0 Å². The molecule has 2 rings (SSSR count). The van der Waals surface area contributed by atoms with E-state index in [-0.39, 0.29) is 0 Å². The molecule has 0 aromatic carbocycles. The summed E-state index contributed by atoms with van der Waals surface area (Å²) in [6, 6.07) is 0. The van der Waals surface area contributed by atoms with E-state index in [9.17, 15) is 0 Å². The third kappa shape index (κ3) is 0.329. The van der Waals surface area contributed by atoms with E-state index in [1.165, 1.54) is 24.8 Å². The van der Waals surface area contributed by atoms with Crippen molar-refractivity contribution in [2.75, 3.05) is 12.7 Å². The van der Waals surface area contributed by atoms with Gasteiger partial charge < -0.3 is 0 Å². The van der Waals surface area contributed by atoms with Gasteiger partial charge in [0, 0.05) is 0 Å². The van der Waals surface area contributed by atoms with Gasteiger partial charge in [0.05, 0.1) is 0 Å². The standard InChI is InChI=1S/C4H8NP/c1-2-5-6-3-4(1)6/h4-5H,1-3H2. The molecule has 0 aromatic heterocycles. The Balaban J connectivity index is 2.09. The van der Waals surface area contributed by atoms with Gasteiger partial charge in [-0.3, -0.25) is 5.09 Å². The van der Waals surface area contributed by atoms with Gasteiger partial charge in [-0.1, -0.05) is 0 Å². The average molecular weight is 101 g/mol. The van der Waals surface area contributed by atoms with E-state index in [1.807, 2.05) is 0 Å². The second-order valence-corrected chi connectivity index (χ2v) is 4.35. The molecule has 2 heteroatoms. The highest BCUT2D eigenvalue weighted by Gasteiger charge is 2.40. The molecule has 6 heavy (non-hydrogen) atoms. The summed E-state index contributed by atoms with van der Waals surface area (Å²) in [5.41, 5.74) is 1.17. The van der Waals surface area contributed by atoms with Crippen molar-refractivity contribution in [3.05, 3.63) is 0 Å². The first-order chi connectivity index (χ1) is 2.97. The summed E-state index contributed by atoms with van der Waals surface area (Å²) < 4.78 is 0. The molecule has 0 amide bonds. The van der Waals surface area contributed by atoms with Crippen molar-refractivity contribution in [2.45, 2.75) is 12.1 Å². The summed E-state index contributed by atoms with van der Waals surface area (Å²) in [7, 11) is 0.452. The van der Waals surface area contributed by atoms with Crippen LogP contribution in [0, 0.1) is 0 Å². The van der Waals surface area contributed by atoms with Crippen molar-refractivity contribution in [2.24, 2.45) is 0 Å². The fourth-order valence-corrected chi connectivity index (χ4v) is 3.03. The maximum atomic E-state index is 3.46. The number of rotatable bonds is 0. The molecule has 2 fully saturated rings. The molecule has 2 heterocycles. The highest BCUT2D eigenvalue weighted by atomic mass is 31.1. The summed E-state index contributed by atoms with van der Waals surface area (Å²) in [4.78, 5) is 0. The van der Waals surface area contributed by atoms with E-state index in [0.29, 0.717) is 8.07 Å². The maximum Gasteiger partial charge on any atom is -0.000326 e. The van der Waals surface area contributed by atoms with Gasteiger partial charge in [-0.25, -0.2) is 0 Å². The summed E-state index contributed by atoms with van der Waals surface area (Å²) in [6.45, 7) is 1.32. The van der Waals surface area contributed by atoms with Crippen molar-refractivity contribution >= 4 is 8.07 Å². The SMILES string of the molecule is C1CC2CP2N1. The van der Waals surface area contributed by atoms with Crippen LogP contribution in [0.3, 0.4) is 0 Å². The summed E-state index contributed by atoms with van der Waals surface area (Å²) in [6.07, 6.45) is 3.01. The molecule has 1 N–H and O–H groups in total. The zero-order valence-corrected chi connectivity index (χ0v) is 4.54. The summed E-state index contributed by atoms with van der Waals surface area (Å²) >= 11 is 0. The van der Waals surface area contributed by atoms with Gasteiger partial charge in [0.15, 0.2) is 0 Å². The van der Waals surface area contributed by atoms with Crippen molar-refractivity contribution in [1.29, 1.82) is 0 Å². The lowest BCUT2D eigenvalue weighted by Crippen LogP contribution is -1.98. The Morgan fingerprint density at radius 3 is 2.83 bits per heavy atom. The highest BCUT2D eigenvalue weighted by Crippen LogP contribution is 2.60. The lowest BCUT2D eigenvalue weighted by Gasteiger charge is -1.85. The minimum atomic E-state index is 0.452. The second kappa shape index (κ2) is 0.962. The number of hydrogen-bond acceptors (Lipinski definition) is 1. The van der Waals surface area contributed by atoms with Crippen molar-refractivity contribution in [3.63, 3.8) is 0 Å². The lowest BCUT2D eigenvalue weighted by atomic mass is 10.3. The molecule has 34 valence electrons. The molecule has 2 atom stereocenters. The first-order valence-electron chi connectivity index (χ1n) is 2.47. The van der Waals surface area contributed by atoms with E-state index >= 15 is 0 Å². The molecule has 0 aromatic rings. The van der Waals surface area contributed by atoms with Crippen LogP contribution in [0.25, 0.3) is 0 Å². The predicted molar refractivity (Wildman–Crippen MR) is 28.2 cm³/mol. The fraction of sp³-hybridized carbons (Fsp3) is 1.00. The zero-order valence-electron chi connectivity index (χ0n) is 3.65. The number of fused-ring (bicyclic) bond motifs is 1. The molecule has 0 spiro atoms. The molecule has 2 aliphatic heterocycles. The van der Waals surface area contributed by atoms with E-state index in [1.54, 1.807) is 0 Å². The zero-order chi connectivity index (χ0) is 3.98. The van der Waals surface area contributed by atoms with Crippen LogP contribution in [0.2, 0.25) is 0 Å². The third-order valence-corrected chi connectivity index (χ3v) is 3.82. The molecular formula is C4H8NP. The van der Waals surface area contributed by atoms with Crippen LogP contribution >= 0.6 is 8.07 Å². The largest absolute Gasteiger partial charge is 0.295 e. The van der Waals surface area contributed by atoms with Crippen LogP contribution in [0.5, 0.6) is 0 Å². The number of nitrogens with one attached hydrogen (secondary N) is 1. The highest BCUT2D eigenvalue weighted by molar-refractivity contribution is 7.64. The smallest absolute Gasteiger partial charge is 0.000326 e. The minimum absolute atomic E-state index is 0.452. The van der Waals surface area contributed by atoms with E-state index in [2.05, 4.69) is 5.09 Å². The third-order valence-electron chi connectivity index (χ3n) is 1.51. The molecule has 2 saturated heterocycles.